The maximum absolute atomic E-state index is 11.0. The molecule has 2 nitrogen and oxygen atoms in total. The summed E-state index contributed by atoms with van der Waals surface area (Å²) in [4.78, 5) is 9.45. The van der Waals surface area contributed by atoms with Crippen molar-refractivity contribution in [3.05, 3.63) is 0 Å². The lowest BCUT2D eigenvalue weighted by molar-refractivity contribution is -0.193. The zero-order chi connectivity index (χ0) is 9.28. The minimum Gasteiger partial charge on any atom is -0.436 e. The van der Waals surface area contributed by atoms with Crippen LogP contribution in [-0.2, 0) is 9.22 Å². The van der Waals surface area contributed by atoms with E-state index in [4.69, 9.17) is 0 Å². The lowest BCUT2D eigenvalue weighted by atomic mass is 10.7. The van der Waals surface area contributed by atoms with Crippen LogP contribution in [0.1, 0.15) is 0 Å². The molecular formula is C2F6O2Si. The van der Waals surface area contributed by atoms with Crippen LogP contribution >= 0.6 is 0 Å². The van der Waals surface area contributed by atoms with Gasteiger partial charge < -0.3 is 4.43 Å². The van der Waals surface area contributed by atoms with E-state index < -0.39 is 21.5 Å². The predicted molar refractivity (Wildman–Crippen MR) is 21.2 cm³/mol. The van der Waals surface area contributed by atoms with Crippen LogP contribution in [0.15, 0.2) is 0 Å². The van der Waals surface area contributed by atoms with E-state index in [1.165, 1.54) is 0 Å². The fraction of sp³-hybridized carbons (Fsp3) is 0.500. The van der Waals surface area contributed by atoms with Gasteiger partial charge in [0.25, 0.3) is 0 Å². The Balaban J connectivity index is 4.11. The van der Waals surface area contributed by atoms with Crippen molar-refractivity contribution >= 4 is 15.3 Å². The van der Waals surface area contributed by atoms with E-state index in [1.807, 2.05) is 0 Å². The molecule has 0 spiro atoms. The van der Waals surface area contributed by atoms with Crippen molar-refractivity contribution in [2.24, 2.45) is 0 Å². The second-order valence-electron chi connectivity index (χ2n) is 1.33. The van der Waals surface area contributed by atoms with E-state index in [9.17, 15) is 30.3 Å². The molecule has 0 aliphatic rings. The van der Waals surface area contributed by atoms with Crippen molar-refractivity contribution in [1.82, 2.24) is 0 Å². The fourth-order valence-corrected chi connectivity index (χ4v) is 0.489. The quantitative estimate of drug-likeness (QED) is 0.362. The molecule has 0 aromatic heterocycles. The van der Waals surface area contributed by atoms with Crippen molar-refractivity contribution in [3.63, 3.8) is 0 Å². The van der Waals surface area contributed by atoms with Crippen molar-refractivity contribution in [2.45, 2.75) is 6.18 Å². The first kappa shape index (κ1) is 10.3. The van der Waals surface area contributed by atoms with Gasteiger partial charge in [-0.25, -0.2) is 17.1 Å². The molecule has 0 N–H and O–H groups in total. The molecule has 11 heavy (non-hydrogen) atoms. The molecule has 0 unspecified atom stereocenters. The Morgan fingerprint density at radius 2 is 1.55 bits per heavy atom. The highest BCUT2D eigenvalue weighted by atomic mass is 28.5. The first-order valence-electron chi connectivity index (χ1n) is 2.00. The Bertz CT molecular complexity index is 157. The van der Waals surface area contributed by atoms with Crippen LogP contribution in [0.4, 0.5) is 25.5 Å². The lowest BCUT2D eigenvalue weighted by Crippen LogP contribution is -2.34. The minimum atomic E-state index is -6.90. The Kier molecular flexibility index (Phi) is 2.54. The van der Waals surface area contributed by atoms with Gasteiger partial charge in [0, 0.05) is 0 Å². The standard InChI is InChI=1S/C2F6O2Si/c3-2(4,5)1(9)10-11(6,7)8. The molecule has 9 heteroatoms. The number of carbonyl (C=O) groups excluding carboxylic acids is 1. The van der Waals surface area contributed by atoms with E-state index in [-0.39, 0.29) is 0 Å². The molecule has 0 aromatic rings. The second kappa shape index (κ2) is 2.72. The minimum absolute atomic E-state index is 2.18. The molecule has 0 bridgehead atoms. The summed E-state index contributed by atoms with van der Waals surface area (Å²) in [6, 6.07) is 0. The van der Waals surface area contributed by atoms with Gasteiger partial charge in [0.15, 0.2) is 0 Å². The van der Waals surface area contributed by atoms with Gasteiger partial charge in [0.05, 0.1) is 0 Å². The van der Waals surface area contributed by atoms with Gasteiger partial charge in [-0.05, 0) is 0 Å². The van der Waals surface area contributed by atoms with Crippen molar-refractivity contribution < 1.29 is 34.7 Å². The highest BCUT2D eigenvalue weighted by Gasteiger charge is 2.53. The van der Waals surface area contributed by atoms with Crippen LogP contribution in [0, 0.1) is 0 Å². The Morgan fingerprint density at radius 1 is 1.18 bits per heavy atom. The molecule has 0 saturated carbocycles. The molecule has 0 fully saturated rings. The Hall–Kier alpha value is -0.733. The highest BCUT2D eigenvalue weighted by Crippen LogP contribution is 2.21. The van der Waals surface area contributed by atoms with Gasteiger partial charge in [0.1, 0.15) is 0 Å². The number of carbonyl (C=O) groups is 1. The maximum atomic E-state index is 11.0. The maximum Gasteiger partial charge on any atom is 0.877 e. The van der Waals surface area contributed by atoms with Gasteiger partial charge in [-0.3, -0.25) is 0 Å². The van der Waals surface area contributed by atoms with Crippen LogP contribution in [0.5, 0.6) is 0 Å². The van der Waals surface area contributed by atoms with Gasteiger partial charge >= 0.3 is 21.5 Å². The van der Waals surface area contributed by atoms with E-state index in [0.717, 1.165) is 0 Å². The summed E-state index contributed by atoms with van der Waals surface area (Å²) in [5.41, 5.74) is 0. The predicted octanol–water partition coefficient (Wildman–Crippen LogP) is 1.44. The monoisotopic (exact) mass is 198 g/mol. The molecule has 66 valence electrons. The van der Waals surface area contributed by atoms with E-state index in [1.54, 1.807) is 0 Å². The summed E-state index contributed by atoms with van der Waals surface area (Å²) < 4.78 is 68.4. The van der Waals surface area contributed by atoms with Crippen LogP contribution in [0.2, 0.25) is 0 Å². The lowest BCUT2D eigenvalue weighted by Gasteiger charge is -2.06. The van der Waals surface area contributed by atoms with Crippen molar-refractivity contribution in [1.29, 1.82) is 0 Å². The van der Waals surface area contributed by atoms with Crippen LogP contribution in [0.3, 0.4) is 0 Å². The average Bonchev–Trinajstić information content (AvgIpc) is 1.56. The summed E-state index contributed by atoms with van der Waals surface area (Å²) >= 11 is 0. The van der Waals surface area contributed by atoms with Crippen LogP contribution in [0.25, 0.3) is 0 Å². The third kappa shape index (κ3) is 4.64. The summed E-state index contributed by atoms with van der Waals surface area (Å²) in [6.07, 6.45) is -5.58. The van der Waals surface area contributed by atoms with E-state index in [2.05, 4.69) is 4.43 Å². The molecule has 0 heterocycles. The van der Waals surface area contributed by atoms with E-state index >= 15 is 0 Å². The fourth-order valence-electron chi connectivity index (χ4n) is 0.163. The number of rotatable bonds is 1. The number of hydrogen-bond donors (Lipinski definition) is 0. The Labute approximate surface area is 57.4 Å². The summed E-state index contributed by atoms with van der Waals surface area (Å²) in [5, 5.41) is 0. The van der Waals surface area contributed by atoms with Gasteiger partial charge in [-0.2, -0.15) is 13.2 Å². The molecule has 0 rings (SSSR count). The summed E-state index contributed by atoms with van der Waals surface area (Å²) in [5.74, 6) is -3.21. The summed E-state index contributed by atoms with van der Waals surface area (Å²) in [6.45, 7) is 0. The zero-order valence-corrected chi connectivity index (χ0v) is 5.58. The Morgan fingerprint density at radius 3 is 1.64 bits per heavy atom. The molecular weight excluding hydrogens is 198 g/mol. The number of alkyl halides is 3. The zero-order valence-electron chi connectivity index (χ0n) is 4.58. The molecule has 0 amide bonds. The summed E-state index contributed by atoms with van der Waals surface area (Å²) in [7, 11) is -6.90. The molecule has 0 aliphatic heterocycles. The largest absolute Gasteiger partial charge is 0.877 e. The smallest absolute Gasteiger partial charge is 0.436 e. The molecule has 0 aliphatic carbocycles. The normalized spacial score (nSPS) is 12.9. The third-order valence-corrected chi connectivity index (χ3v) is 0.857. The van der Waals surface area contributed by atoms with Gasteiger partial charge in [-0.1, -0.05) is 0 Å². The molecule has 0 aromatic carbocycles. The first-order chi connectivity index (χ1) is 4.63. The first-order valence-corrected chi connectivity index (χ1v) is 3.54. The third-order valence-electron chi connectivity index (χ3n) is 0.440. The number of halogens is 6. The highest BCUT2D eigenvalue weighted by molar-refractivity contribution is 6.53. The molecule has 0 radical (unpaired) electrons. The van der Waals surface area contributed by atoms with Gasteiger partial charge in [-0.15, -0.1) is 0 Å². The van der Waals surface area contributed by atoms with E-state index in [0.29, 0.717) is 0 Å². The second-order valence-corrected chi connectivity index (χ2v) is 2.43. The average molecular weight is 198 g/mol. The van der Waals surface area contributed by atoms with Crippen molar-refractivity contribution in [3.8, 4) is 0 Å². The number of hydrogen-bond acceptors (Lipinski definition) is 2. The molecule has 0 atom stereocenters. The SMILES string of the molecule is O=C(O[Si](F)(F)F)C(F)(F)F. The van der Waals surface area contributed by atoms with Crippen LogP contribution in [-0.4, -0.2) is 21.5 Å². The van der Waals surface area contributed by atoms with Crippen molar-refractivity contribution in [2.75, 3.05) is 0 Å². The molecule has 0 saturated heterocycles. The van der Waals surface area contributed by atoms with Crippen LogP contribution < -0.4 is 0 Å². The van der Waals surface area contributed by atoms with Gasteiger partial charge in [0.2, 0.25) is 0 Å². The topological polar surface area (TPSA) is 26.3 Å².